The molecule has 1 amide bonds. The van der Waals surface area contributed by atoms with E-state index in [9.17, 15) is 4.79 Å². The number of halogens is 2. The maximum atomic E-state index is 12.4. The highest BCUT2D eigenvalue weighted by molar-refractivity contribution is 6.36. The first-order chi connectivity index (χ1) is 11.0. The Morgan fingerprint density at radius 1 is 1.21 bits per heavy atom. The summed E-state index contributed by atoms with van der Waals surface area (Å²) in [5.41, 5.74) is 7.13. The first-order valence-corrected chi connectivity index (χ1v) is 7.37. The summed E-state index contributed by atoms with van der Waals surface area (Å²) in [4.78, 5) is 12.4. The van der Waals surface area contributed by atoms with Gasteiger partial charge in [-0.1, -0.05) is 23.2 Å². The van der Waals surface area contributed by atoms with Crippen LogP contribution in [0.1, 0.15) is 10.6 Å². The molecule has 0 aliphatic carbocycles. The van der Waals surface area contributed by atoms with Crippen LogP contribution in [0.4, 0.5) is 11.4 Å². The van der Waals surface area contributed by atoms with Gasteiger partial charge in [-0.25, -0.2) is 0 Å². The lowest BCUT2D eigenvalue weighted by atomic mass is 10.2. The van der Waals surface area contributed by atoms with Crippen molar-refractivity contribution in [1.29, 1.82) is 0 Å². The van der Waals surface area contributed by atoms with E-state index in [4.69, 9.17) is 38.1 Å². The number of rotatable bonds is 3. The molecule has 8 heteroatoms. The Kier molecular flexibility index (Phi) is 5.23. The van der Waals surface area contributed by atoms with E-state index < -0.39 is 5.91 Å². The number of fused-ring (bicyclic) bond motifs is 1. The molecule has 0 aliphatic rings. The molecule has 0 spiro atoms. The predicted octanol–water partition coefficient (Wildman–Crippen LogP) is 3.76. The molecule has 0 atom stereocenters. The molecule has 0 radical (unpaired) electrons. The number of methoxy groups -OCH3 is 1. The summed E-state index contributed by atoms with van der Waals surface area (Å²) in [6.07, 6.45) is 0. The third-order valence-corrected chi connectivity index (χ3v) is 3.87. The van der Waals surface area contributed by atoms with Crippen LogP contribution in [0.3, 0.4) is 0 Å². The molecule has 2 aromatic carbocycles. The van der Waals surface area contributed by atoms with E-state index >= 15 is 0 Å². The molecular formula is C16H14Cl2N2O4. The second kappa shape index (κ2) is 7.00. The van der Waals surface area contributed by atoms with E-state index in [-0.39, 0.29) is 16.9 Å². The zero-order chi connectivity index (χ0) is 16.6. The second-order valence-corrected chi connectivity index (χ2v) is 5.63. The van der Waals surface area contributed by atoms with Gasteiger partial charge in [-0.2, -0.15) is 0 Å². The third kappa shape index (κ3) is 3.26. The lowest BCUT2D eigenvalue weighted by Gasteiger charge is -2.06. The number of anilines is 2. The molecular weight excluding hydrogens is 355 g/mol. The van der Waals surface area contributed by atoms with Gasteiger partial charge in [0, 0.05) is 16.5 Å². The fourth-order valence-corrected chi connectivity index (χ4v) is 2.62. The van der Waals surface area contributed by atoms with Crippen LogP contribution < -0.4 is 15.8 Å². The second-order valence-electron chi connectivity index (χ2n) is 4.79. The number of benzene rings is 2. The quantitative estimate of drug-likeness (QED) is 0.733. The molecule has 0 bridgehead atoms. The van der Waals surface area contributed by atoms with Gasteiger partial charge in [0.05, 0.1) is 23.5 Å². The fourth-order valence-electron chi connectivity index (χ4n) is 2.16. The minimum Gasteiger partial charge on any atom is -0.497 e. The highest BCUT2D eigenvalue weighted by Gasteiger charge is 2.20. The normalized spacial score (nSPS) is 10.3. The summed E-state index contributed by atoms with van der Waals surface area (Å²) in [5, 5.41) is 4.08. The van der Waals surface area contributed by atoms with Crippen molar-refractivity contribution in [3.63, 3.8) is 0 Å². The van der Waals surface area contributed by atoms with Crippen molar-refractivity contribution in [1.82, 2.24) is 0 Å². The van der Waals surface area contributed by atoms with Crippen molar-refractivity contribution in [2.45, 2.75) is 0 Å². The molecule has 24 heavy (non-hydrogen) atoms. The van der Waals surface area contributed by atoms with Gasteiger partial charge in [0.2, 0.25) is 5.76 Å². The SMILES string of the molecule is COc1ccc2c(N)c(C(=O)Nc3ccc(Cl)cc3Cl)oc2c1.O. The number of amides is 1. The number of ether oxygens (including phenoxy) is 1. The minimum atomic E-state index is -0.498. The van der Waals surface area contributed by atoms with Crippen LogP contribution in [0.25, 0.3) is 11.0 Å². The molecule has 126 valence electrons. The average Bonchev–Trinajstić information content (AvgIpc) is 2.86. The van der Waals surface area contributed by atoms with Crippen LogP contribution in [0.15, 0.2) is 40.8 Å². The maximum absolute atomic E-state index is 12.4. The van der Waals surface area contributed by atoms with Gasteiger partial charge in [-0.3, -0.25) is 4.79 Å². The van der Waals surface area contributed by atoms with Crippen LogP contribution in [0.2, 0.25) is 10.0 Å². The summed E-state index contributed by atoms with van der Waals surface area (Å²) < 4.78 is 10.7. The Bertz CT molecular complexity index is 908. The first-order valence-electron chi connectivity index (χ1n) is 6.62. The topological polar surface area (TPSA) is 109 Å². The van der Waals surface area contributed by atoms with Gasteiger partial charge >= 0.3 is 0 Å². The highest BCUT2D eigenvalue weighted by Crippen LogP contribution is 2.32. The number of furan rings is 1. The summed E-state index contributed by atoms with van der Waals surface area (Å²) in [5.74, 6) is 0.125. The molecule has 6 nitrogen and oxygen atoms in total. The van der Waals surface area contributed by atoms with Crippen molar-refractivity contribution in [3.05, 3.63) is 52.2 Å². The first kappa shape index (κ1) is 17.9. The number of carbonyl (C=O) groups is 1. The molecule has 3 rings (SSSR count). The molecule has 0 unspecified atom stereocenters. The number of hydrogen-bond acceptors (Lipinski definition) is 4. The van der Waals surface area contributed by atoms with Crippen molar-refractivity contribution in [2.75, 3.05) is 18.2 Å². The van der Waals surface area contributed by atoms with Crippen molar-refractivity contribution in [2.24, 2.45) is 0 Å². The van der Waals surface area contributed by atoms with Crippen LogP contribution in [-0.4, -0.2) is 18.5 Å². The fraction of sp³-hybridized carbons (Fsp3) is 0.0625. The largest absolute Gasteiger partial charge is 0.497 e. The van der Waals surface area contributed by atoms with Crippen LogP contribution in [-0.2, 0) is 0 Å². The van der Waals surface area contributed by atoms with Crippen LogP contribution in [0.5, 0.6) is 5.75 Å². The van der Waals surface area contributed by atoms with Crippen LogP contribution in [0, 0.1) is 0 Å². The number of hydrogen-bond donors (Lipinski definition) is 2. The van der Waals surface area contributed by atoms with Crippen molar-refractivity contribution in [3.8, 4) is 5.75 Å². The average molecular weight is 369 g/mol. The molecule has 0 fully saturated rings. The Morgan fingerprint density at radius 2 is 1.96 bits per heavy atom. The van der Waals surface area contributed by atoms with Gasteiger partial charge in [-0.15, -0.1) is 0 Å². The summed E-state index contributed by atoms with van der Waals surface area (Å²) >= 11 is 11.9. The number of carbonyl (C=O) groups excluding carboxylic acids is 1. The molecule has 0 aliphatic heterocycles. The molecule has 0 saturated carbocycles. The van der Waals surface area contributed by atoms with Gasteiger partial charge in [0.15, 0.2) is 0 Å². The van der Waals surface area contributed by atoms with Crippen LogP contribution >= 0.6 is 23.2 Å². The highest BCUT2D eigenvalue weighted by atomic mass is 35.5. The number of nitrogens with one attached hydrogen (secondary N) is 1. The minimum absolute atomic E-state index is 0. The van der Waals surface area contributed by atoms with Gasteiger partial charge in [-0.05, 0) is 30.3 Å². The zero-order valence-corrected chi connectivity index (χ0v) is 14.0. The van der Waals surface area contributed by atoms with E-state index in [1.54, 1.807) is 37.4 Å². The summed E-state index contributed by atoms with van der Waals surface area (Å²) in [6, 6.07) is 9.90. The molecule has 1 heterocycles. The molecule has 0 saturated heterocycles. The third-order valence-electron chi connectivity index (χ3n) is 3.32. The van der Waals surface area contributed by atoms with E-state index in [0.29, 0.717) is 32.5 Å². The lowest BCUT2D eigenvalue weighted by Crippen LogP contribution is -2.13. The maximum Gasteiger partial charge on any atom is 0.293 e. The summed E-state index contributed by atoms with van der Waals surface area (Å²) in [6.45, 7) is 0. The Hall–Kier alpha value is -2.41. The zero-order valence-electron chi connectivity index (χ0n) is 12.5. The number of nitrogen functional groups attached to an aromatic ring is 1. The van der Waals surface area contributed by atoms with E-state index in [1.807, 2.05) is 0 Å². The van der Waals surface area contributed by atoms with E-state index in [1.165, 1.54) is 6.07 Å². The number of nitrogens with two attached hydrogens (primary N) is 1. The Labute approximate surface area is 147 Å². The smallest absolute Gasteiger partial charge is 0.293 e. The monoisotopic (exact) mass is 368 g/mol. The lowest BCUT2D eigenvalue weighted by molar-refractivity contribution is 0.1000. The van der Waals surface area contributed by atoms with Gasteiger partial charge in [0.25, 0.3) is 5.91 Å². The van der Waals surface area contributed by atoms with E-state index in [0.717, 1.165) is 0 Å². The van der Waals surface area contributed by atoms with Crippen molar-refractivity contribution >= 4 is 51.5 Å². The molecule has 1 aromatic heterocycles. The molecule has 5 N–H and O–H groups in total. The van der Waals surface area contributed by atoms with Crippen molar-refractivity contribution < 1.29 is 19.4 Å². The van der Waals surface area contributed by atoms with Gasteiger partial charge in [0.1, 0.15) is 11.3 Å². The van der Waals surface area contributed by atoms with Gasteiger partial charge < -0.3 is 25.7 Å². The Balaban J connectivity index is 0.00000208. The van der Waals surface area contributed by atoms with E-state index in [2.05, 4.69) is 5.32 Å². The summed E-state index contributed by atoms with van der Waals surface area (Å²) in [7, 11) is 1.55. The Morgan fingerprint density at radius 3 is 2.62 bits per heavy atom. The molecule has 3 aromatic rings. The predicted molar refractivity (Wildman–Crippen MR) is 95.2 cm³/mol. The standard InChI is InChI=1S/C16H12Cl2N2O3.H2O/c1-22-9-3-4-10-13(7-9)23-15(14(10)19)16(21)20-12-5-2-8(17)6-11(12)18;/h2-7H,19H2,1H3,(H,20,21);1H2.